The number of aryl methyl sites for hydroxylation is 1. The largest absolute Gasteiger partial charge is 0.506 e. The van der Waals surface area contributed by atoms with Crippen LogP contribution in [0.2, 0.25) is 0 Å². The van der Waals surface area contributed by atoms with Crippen LogP contribution in [0.4, 0.5) is 17.2 Å². The van der Waals surface area contributed by atoms with Crippen LogP contribution in [0.15, 0.2) is 48.8 Å². The second kappa shape index (κ2) is 8.61. The van der Waals surface area contributed by atoms with Crippen molar-refractivity contribution in [1.29, 1.82) is 0 Å². The van der Waals surface area contributed by atoms with Gasteiger partial charge in [0.25, 0.3) is 5.69 Å². The first-order chi connectivity index (χ1) is 12.8. The van der Waals surface area contributed by atoms with Crippen molar-refractivity contribution in [1.82, 2.24) is 9.97 Å². The standard InChI is InChI=1S/C14H15N3O3.C5H5NO/c1-8-9(2)14(15-10(3)13(8)18)16-11-4-6-12(7-5-11)17(19)20;7-5-2-1-3-6-4-5/h4-7,18H,1-3H3,(H,15,16);1-4,7H. The van der Waals surface area contributed by atoms with Crippen molar-refractivity contribution in [3.8, 4) is 11.5 Å². The Morgan fingerprint density at radius 3 is 2.19 bits per heavy atom. The lowest BCUT2D eigenvalue weighted by Crippen LogP contribution is -2.01. The minimum Gasteiger partial charge on any atom is -0.506 e. The Labute approximate surface area is 156 Å². The van der Waals surface area contributed by atoms with E-state index >= 15 is 0 Å². The van der Waals surface area contributed by atoms with Crippen molar-refractivity contribution in [2.24, 2.45) is 0 Å². The Bertz CT molecular complexity index is 929. The summed E-state index contributed by atoms with van der Waals surface area (Å²) in [5.74, 6) is 1.03. The van der Waals surface area contributed by atoms with Crippen LogP contribution in [0.25, 0.3) is 0 Å². The van der Waals surface area contributed by atoms with E-state index in [2.05, 4.69) is 15.3 Å². The summed E-state index contributed by atoms with van der Waals surface area (Å²) in [6.45, 7) is 5.40. The van der Waals surface area contributed by atoms with Gasteiger partial charge < -0.3 is 15.5 Å². The Kier molecular flexibility index (Phi) is 6.27. The summed E-state index contributed by atoms with van der Waals surface area (Å²) < 4.78 is 0. The molecule has 27 heavy (non-hydrogen) atoms. The summed E-state index contributed by atoms with van der Waals surface area (Å²) in [6, 6.07) is 9.35. The van der Waals surface area contributed by atoms with Gasteiger partial charge in [0.15, 0.2) is 0 Å². The Morgan fingerprint density at radius 2 is 1.70 bits per heavy atom. The zero-order valence-electron chi connectivity index (χ0n) is 15.2. The van der Waals surface area contributed by atoms with Gasteiger partial charge in [-0.1, -0.05) is 0 Å². The average molecular weight is 368 g/mol. The van der Waals surface area contributed by atoms with Gasteiger partial charge in [-0.15, -0.1) is 0 Å². The number of rotatable bonds is 3. The Hall–Kier alpha value is -3.68. The zero-order valence-corrected chi connectivity index (χ0v) is 15.2. The second-order valence-corrected chi connectivity index (χ2v) is 5.78. The molecule has 0 aliphatic heterocycles. The average Bonchev–Trinajstić information content (AvgIpc) is 2.66. The molecule has 0 aliphatic carbocycles. The van der Waals surface area contributed by atoms with Gasteiger partial charge in [0, 0.05) is 24.0 Å². The first kappa shape index (κ1) is 19.6. The summed E-state index contributed by atoms with van der Waals surface area (Å²) in [5.41, 5.74) is 2.89. The summed E-state index contributed by atoms with van der Waals surface area (Å²) >= 11 is 0. The van der Waals surface area contributed by atoms with E-state index in [1.165, 1.54) is 18.3 Å². The van der Waals surface area contributed by atoms with Gasteiger partial charge in [-0.2, -0.15) is 0 Å². The molecule has 8 nitrogen and oxygen atoms in total. The highest BCUT2D eigenvalue weighted by molar-refractivity contribution is 5.63. The molecule has 3 N–H and O–H groups in total. The van der Waals surface area contributed by atoms with Crippen molar-refractivity contribution in [2.45, 2.75) is 20.8 Å². The van der Waals surface area contributed by atoms with Gasteiger partial charge in [0.2, 0.25) is 0 Å². The van der Waals surface area contributed by atoms with E-state index in [0.29, 0.717) is 17.2 Å². The first-order valence-electron chi connectivity index (χ1n) is 8.06. The molecular formula is C19H20N4O4. The molecule has 0 radical (unpaired) electrons. The topological polar surface area (TPSA) is 121 Å². The Balaban J connectivity index is 0.000000313. The number of pyridine rings is 2. The number of nitro groups is 1. The van der Waals surface area contributed by atoms with E-state index in [-0.39, 0.29) is 17.2 Å². The van der Waals surface area contributed by atoms with Crippen molar-refractivity contribution >= 4 is 17.2 Å². The molecule has 0 bridgehead atoms. The number of nitrogens with zero attached hydrogens (tertiary/aromatic N) is 3. The van der Waals surface area contributed by atoms with E-state index in [4.69, 9.17) is 5.11 Å². The van der Waals surface area contributed by atoms with Crippen LogP contribution in [0.5, 0.6) is 11.5 Å². The van der Waals surface area contributed by atoms with Gasteiger partial charge in [-0.05, 0) is 56.2 Å². The molecule has 0 atom stereocenters. The highest BCUT2D eigenvalue weighted by Crippen LogP contribution is 2.29. The Morgan fingerprint density at radius 1 is 1.04 bits per heavy atom. The van der Waals surface area contributed by atoms with E-state index in [0.717, 1.165) is 11.1 Å². The summed E-state index contributed by atoms with van der Waals surface area (Å²) in [5, 5.41) is 32.1. The van der Waals surface area contributed by atoms with Crippen LogP contribution in [-0.2, 0) is 0 Å². The molecule has 0 aliphatic rings. The molecule has 0 unspecified atom stereocenters. The molecule has 3 rings (SSSR count). The number of benzene rings is 1. The molecule has 0 fully saturated rings. The van der Waals surface area contributed by atoms with Gasteiger partial charge in [-0.3, -0.25) is 15.1 Å². The molecule has 0 amide bonds. The van der Waals surface area contributed by atoms with Gasteiger partial charge in [0.05, 0.1) is 16.8 Å². The maximum Gasteiger partial charge on any atom is 0.269 e. The van der Waals surface area contributed by atoms with Gasteiger partial charge in [-0.25, -0.2) is 4.98 Å². The molecule has 8 heteroatoms. The highest BCUT2D eigenvalue weighted by atomic mass is 16.6. The predicted octanol–water partition coefficient (Wildman–Crippen LogP) is 4.15. The van der Waals surface area contributed by atoms with Crippen molar-refractivity contribution in [3.63, 3.8) is 0 Å². The first-order valence-corrected chi connectivity index (χ1v) is 8.06. The molecular weight excluding hydrogens is 348 g/mol. The van der Waals surface area contributed by atoms with Crippen molar-refractivity contribution < 1.29 is 15.1 Å². The van der Waals surface area contributed by atoms with Gasteiger partial charge >= 0.3 is 0 Å². The van der Waals surface area contributed by atoms with E-state index in [1.807, 2.05) is 13.8 Å². The fraction of sp³-hybridized carbons (Fsp3) is 0.158. The smallest absolute Gasteiger partial charge is 0.269 e. The van der Waals surface area contributed by atoms with E-state index in [1.54, 1.807) is 37.4 Å². The van der Waals surface area contributed by atoms with Crippen LogP contribution in [0, 0.1) is 30.9 Å². The highest BCUT2D eigenvalue weighted by Gasteiger charge is 2.11. The third-order valence-corrected chi connectivity index (χ3v) is 3.88. The fourth-order valence-corrected chi connectivity index (χ4v) is 2.21. The molecule has 1 aromatic carbocycles. The summed E-state index contributed by atoms with van der Waals surface area (Å²) in [7, 11) is 0. The minimum absolute atomic E-state index is 0.0401. The summed E-state index contributed by atoms with van der Waals surface area (Å²) in [4.78, 5) is 18.1. The number of hydrogen-bond acceptors (Lipinski definition) is 7. The quantitative estimate of drug-likeness (QED) is 0.469. The number of aromatic nitrogens is 2. The second-order valence-electron chi connectivity index (χ2n) is 5.78. The molecule has 3 aromatic rings. The van der Waals surface area contributed by atoms with Crippen LogP contribution in [0.1, 0.15) is 16.8 Å². The maximum atomic E-state index is 10.6. The SMILES string of the molecule is Cc1nc(Nc2ccc([N+](=O)[O-])cc2)c(C)c(C)c1O.Oc1cccnc1. The molecule has 2 heterocycles. The number of nitrogens with one attached hydrogen (secondary N) is 1. The maximum absolute atomic E-state index is 10.6. The molecule has 0 saturated heterocycles. The van der Waals surface area contributed by atoms with Crippen LogP contribution < -0.4 is 5.32 Å². The van der Waals surface area contributed by atoms with Crippen LogP contribution >= 0.6 is 0 Å². The van der Waals surface area contributed by atoms with E-state index in [9.17, 15) is 15.2 Å². The normalized spacial score (nSPS) is 9.89. The van der Waals surface area contributed by atoms with E-state index < -0.39 is 4.92 Å². The van der Waals surface area contributed by atoms with Crippen LogP contribution in [0.3, 0.4) is 0 Å². The number of anilines is 2. The predicted molar refractivity (Wildman–Crippen MR) is 102 cm³/mol. The monoisotopic (exact) mass is 368 g/mol. The third-order valence-electron chi connectivity index (χ3n) is 3.88. The number of nitro benzene ring substituents is 1. The lowest BCUT2D eigenvalue weighted by Gasteiger charge is -2.13. The van der Waals surface area contributed by atoms with Crippen molar-refractivity contribution in [3.05, 3.63) is 75.7 Å². The number of hydrogen-bond donors (Lipinski definition) is 3. The number of non-ortho nitro benzene ring substituents is 1. The molecule has 2 aromatic heterocycles. The molecule has 0 saturated carbocycles. The molecule has 140 valence electrons. The number of aromatic hydroxyl groups is 2. The third kappa shape index (κ3) is 5.15. The minimum atomic E-state index is -0.442. The van der Waals surface area contributed by atoms with Crippen molar-refractivity contribution in [2.75, 3.05) is 5.32 Å². The zero-order chi connectivity index (χ0) is 20.0. The van der Waals surface area contributed by atoms with Crippen LogP contribution in [-0.4, -0.2) is 25.1 Å². The lowest BCUT2D eigenvalue weighted by atomic mass is 10.1. The molecule has 0 spiro atoms. The fourth-order valence-electron chi connectivity index (χ4n) is 2.21. The summed E-state index contributed by atoms with van der Waals surface area (Å²) in [6.07, 6.45) is 3.00. The lowest BCUT2D eigenvalue weighted by molar-refractivity contribution is -0.384. The van der Waals surface area contributed by atoms with Gasteiger partial charge in [0.1, 0.15) is 17.3 Å².